The summed E-state index contributed by atoms with van der Waals surface area (Å²) in [5.74, 6) is 1.99. The molecule has 2 heteroatoms. The summed E-state index contributed by atoms with van der Waals surface area (Å²) in [6.45, 7) is 0. The average Bonchev–Trinajstić information content (AvgIpc) is 2.38. The summed E-state index contributed by atoms with van der Waals surface area (Å²) in [7, 11) is 2.09. The van der Waals surface area contributed by atoms with Crippen molar-refractivity contribution in [1.29, 1.82) is 0 Å². The number of hydrogen-bond donors (Lipinski definition) is 1. The minimum absolute atomic E-state index is 0.654. The summed E-state index contributed by atoms with van der Waals surface area (Å²) < 4.78 is 0. The van der Waals surface area contributed by atoms with Crippen molar-refractivity contribution in [3.05, 3.63) is 35.4 Å². The van der Waals surface area contributed by atoms with Gasteiger partial charge in [-0.2, -0.15) is 11.8 Å². The third-order valence-corrected chi connectivity index (χ3v) is 4.57. The van der Waals surface area contributed by atoms with Crippen molar-refractivity contribution >= 4 is 11.8 Å². The van der Waals surface area contributed by atoms with Crippen LogP contribution < -0.4 is 5.32 Å². The summed E-state index contributed by atoms with van der Waals surface area (Å²) in [5.41, 5.74) is 3.20. The topological polar surface area (TPSA) is 12.0 Å². The molecular formula is C15H23NS. The maximum Gasteiger partial charge on any atom is 0.0160 e. The Labute approximate surface area is 109 Å². The summed E-state index contributed by atoms with van der Waals surface area (Å²) in [6.07, 6.45) is 7.48. The molecule has 1 aromatic rings. The molecule has 0 amide bonds. The number of nitrogens with one attached hydrogen (secondary N) is 1. The maximum atomic E-state index is 3.46. The molecule has 94 valence electrons. The first-order valence-corrected chi connectivity index (χ1v) is 7.98. The fraction of sp³-hybridized carbons (Fsp3) is 0.600. The SMILES string of the molecule is CNC(CSC)CC1CCCc2ccccc21. The minimum atomic E-state index is 0.654. The Morgan fingerprint density at radius 3 is 3.00 bits per heavy atom. The molecule has 2 unspecified atom stereocenters. The molecule has 2 rings (SSSR count). The number of fused-ring (bicyclic) bond motifs is 1. The lowest BCUT2D eigenvalue weighted by atomic mass is 9.80. The maximum absolute atomic E-state index is 3.46. The van der Waals surface area contributed by atoms with Crippen molar-refractivity contribution in [3.8, 4) is 0 Å². The van der Waals surface area contributed by atoms with Crippen molar-refractivity contribution in [3.63, 3.8) is 0 Å². The fourth-order valence-electron chi connectivity index (χ4n) is 2.91. The highest BCUT2D eigenvalue weighted by Crippen LogP contribution is 2.34. The molecule has 0 fully saturated rings. The summed E-state index contributed by atoms with van der Waals surface area (Å²) >= 11 is 1.94. The van der Waals surface area contributed by atoms with Gasteiger partial charge in [0.25, 0.3) is 0 Å². The van der Waals surface area contributed by atoms with E-state index in [9.17, 15) is 0 Å². The minimum Gasteiger partial charge on any atom is -0.316 e. The van der Waals surface area contributed by atoms with E-state index in [1.54, 1.807) is 11.1 Å². The highest BCUT2D eigenvalue weighted by molar-refractivity contribution is 7.98. The number of hydrogen-bond acceptors (Lipinski definition) is 2. The predicted octanol–water partition coefficient (Wildman–Crippen LogP) is 3.45. The Kier molecular flexibility index (Phi) is 4.93. The van der Waals surface area contributed by atoms with Gasteiger partial charge >= 0.3 is 0 Å². The lowest BCUT2D eigenvalue weighted by molar-refractivity contribution is 0.453. The van der Waals surface area contributed by atoms with Gasteiger partial charge < -0.3 is 5.32 Å². The Bertz CT molecular complexity index is 351. The Morgan fingerprint density at radius 1 is 1.41 bits per heavy atom. The monoisotopic (exact) mass is 249 g/mol. The van der Waals surface area contributed by atoms with Crippen LogP contribution in [0.1, 0.15) is 36.3 Å². The van der Waals surface area contributed by atoms with Gasteiger partial charge in [0.05, 0.1) is 0 Å². The van der Waals surface area contributed by atoms with Crippen LogP contribution in [0.15, 0.2) is 24.3 Å². The number of thioether (sulfide) groups is 1. The van der Waals surface area contributed by atoms with Crippen LogP contribution in [-0.2, 0) is 6.42 Å². The molecule has 1 aromatic carbocycles. The van der Waals surface area contributed by atoms with Crippen molar-refractivity contribution in [2.45, 2.75) is 37.6 Å². The fourth-order valence-corrected chi connectivity index (χ4v) is 3.62. The first-order chi connectivity index (χ1) is 8.35. The van der Waals surface area contributed by atoms with Crippen LogP contribution in [-0.4, -0.2) is 25.1 Å². The van der Waals surface area contributed by atoms with Gasteiger partial charge in [-0.25, -0.2) is 0 Å². The van der Waals surface area contributed by atoms with Crippen LogP contribution in [0.4, 0.5) is 0 Å². The molecule has 1 N–H and O–H groups in total. The molecule has 1 aliphatic rings. The molecule has 0 saturated heterocycles. The van der Waals surface area contributed by atoms with E-state index in [0.717, 1.165) is 5.92 Å². The number of benzene rings is 1. The molecule has 0 aromatic heterocycles. The molecule has 17 heavy (non-hydrogen) atoms. The molecule has 2 atom stereocenters. The van der Waals surface area contributed by atoms with E-state index in [-0.39, 0.29) is 0 Å². The third kappa shape index (κ3) is 3.26. The number of rotatable bonds is 5. The van der Waals surface area contributed by atoms with E-state index in [1.165, 1.54) is 31.4 Å². The van der Waals surface area contributed by atoms with Gasteiger partial charge in [-0.3, -0.25) is 0 Å². The van der Waals surface area contributed by atoms with Gasteiger partial charge in [0.15, 0.2) is 0 Å². The van der Waals surface area contributed by atoms with E-state index in [2.05, 4.69) is 42.9 Å². The molecule has 0 bridgehead atoms. The quantitative estimate of drug-likeness (QED) is 0.858. The van der Waals surface area contributed by atoms with Crippen molar-refractivity contribution in [2.24, 2.45) is 0 Å². The standard InChI is InChI=1S/C15H23NS/c1-16-14(11-17-2)10-13-8-5-7-12-6-3-4-9-15(12)13/h3-4,6,9,13-14,16H,5,7-8,10-11H2,1-2H3. The molecule has 0 aliphatic heterocycles. The average molecular weight is 249 g/mol. The van der Waals surface area contributed by atoms with E-state index in [1.807, 2.05) is 11.8 Å². The number of aryl methyl sites for hydroxylation is 1. The third-order valence-electron chi connectivity index (χ3n) is 3.84. The Balaban J connectivity index is 2.07. The molecule has 0 radical (unpaired) electrons. The van der Waals surface area contributed by atoms with Crippen LogP contribution in [0, 0.1) is 0 Å². The zero-order chi connectivity index (χ0) is 12.1. The van der Waals surface area contributed by atoms with Crippen LogP contribution in [0.25, 0.3) is 0 Å². The lowest BCUT2D eigenvalue weighted by Crippen LogP contribution is -2.30. The zero-order valence-electron chi connectivity index (χ0n) is 10.9. The van der Waals surface area contributed by atoms with Gasteiger partial charge in [-0.15, -0.1) is 0 Å². The normalized spacial score (nSPS) is 20.9. The molecule has 1 aliphatic carbocycles. The van der Waals surface area contributed by atoms with E-state index in [4.69, 9.17) is 0 Å². The zero-order valence-corrected chi connectivity index (χ0v) is 11.7. The lowest BCUT2D eigenvalue weighted by Gasteiger charge is -2.28. The van der Waals surface area contributed by atoms with Gasteiger partial charge in [0, 0.05) is 11.8 Å². The highest BCUT2D eigenvalue weighted by Gasteiger charge is 2.22. The Hall–Kier alpha value is -0.470. The molecule has 0 spiro atoms. The largest absolute Gasteiger partial charge is 0.316 e. The molecule has 0 heterocycles. The summed E-state index contributed by atoms with van der Waals surface area (Å²) in [4.78, 5) is 0. The van der Waals surface area contributed by atoms with Gasteiger partial charge in [-0.05, 0) is 56.0 Å². The van der Waals surface area contributed by atoms with Crippen molar-refractivity contribution in [1.82, 2.24) is 5.32 Å². The summed E-state index contributed by atoms with van der Waals surface area (Å²) in [5, 5.41) is 3.46. The first-order valence-electron chi connectivity index (χ1n) is 6.59. The van der Waals surface area contributed by atoms with Crippen LogP contribution in [0.3, 0.4) is 0 Å². The second kappa shape index (κ2) is 6.46. The van der Waals surface area contributed by atoms with E-state index in [0.29, 0.717) is 6.04 Å². The van der Waals surface area contributed by atoms with Crippen molar-refractivity contribution < 1.29 is 0 Å². The van der Waals surface area contributed by atoms with Crippen LogP contribution in [0.5, 0.6) is 0 Å². The van der Waals surface area contributed by atoms with Gasteiger partial charge in [0.1, 0.15) is 0 Å². The highest BCUT2D eigenvalue weighted by atomic mass is 32.2. The summed E-state index contributed by atoms with van der Waals surface area (Å²) in [6, 6.07) is 9.68. The van der Waals surface area contributed by atoms with Crippen LogP contribution >= 0.6 is 11.8 Å². The molecular weight excluding hydrogens is 226 g/mol. The second-order valence-corrected chi connectivity index (χ2v) is 5.88. The first kappa shape index (κ1) is 13.0. The van der Waals surface area contributed by atoms with Crippen LogP contribution in [0.2, 0.25) is 0 Å². The molecule has 0 saturated carbocycles. The smallest absolute Gasteiger partial charge is 0.0160 e. The second-order valence-electron chi connectivity index (χ2n) is 4.96. The van der Waals surface area contributed by atoms with E-state index < -0.39 is 0 Å². The predicted molar refractivity (Wildman–Crippen MR) is 78.0 cm³/mol. The van der Waals surface area contributed by atoms with E-state index >= 15 is 0 Å². The van der Waals surface area contributed by atoms with Gasteiger partial charge in [0.2, 0.25) is 0 Å². The Morgan fingerprint density at radius 2 is 2.24 bits per heavy atom. The van der Waals surface area contributed by atoms with Gasteiger partial charge in [-0.1, -0.05) is 24.3 Å². The van der Waals surface area contributed by atoms with Crippen molar-refractivity contribution in [2.75, 3.05) is 19.1 Å². The molecule has 1 nitrogen and oxygen atoms in total.